The lowest BCUT2D eigenvalue weighted by Gasteiger charge is -2.35. The zero-order valence-corrected chi connectivity index (χ0v) is 13.1. The molecule has 0 saturated carbocycles. The van der Waals surface area contributed by atoms with Crippen LogP contribution in [0.25, 0.3) is 0 Å². The van der Waals surface area contributed by atoms with E-state index < -0.39 is 0 Å². The molecular formula is C15H19N3O2S. The first-order chi connectivity index (χ1) is 10.2. The van der Waals surface area contributed by atoms with Crippen molar-refractivity contribution < 1.29 is 9.53 Å². The van der Waals surface area contributed by atoms with E-state index in [0.717, 1.165) is 23.5 Å². The number of fused-ring (bicyclic) bond motifs is 1. The number of thiophene rings is 1. The summed E-state index contributed by atoms with van der Waals surface area (Å²) in [5.41, 5.74) is 2.32. The molecule has 1 atom stereocenters. The first kappa shape index (κ1) is 14.3. The SMILES string of the molecule is COCC1c2c(cnn2C)CCN1C(=O)Cc1cccs1. The zero-order valence-electron chi connectivity index (χ0n) is 12.3. The Hall–Kier alpha value is -1.66. The Morgan fingerprint density at radius 1 is 1.57 bits per heavy atom. The summed E-state index contributed by atoms with van der Waals surface area (Å²) in [7, 11) is 3.60. The third-order valence-corrected chi connectivity index (χ3v) is 4.81. The lowest BCUT2D eigenvalue weighted by Crippen LogP contribution is -2.43. The van der Waals surface area contributed by atoms with Crippen LogP contribution < -0.4 is 0 Å². The van der Waals surface area contributed by atoms with Gasteiger partial charge >= 0.3 is 0 Å². The van der Waals surface area contributed by atoms with E-state index in [1.54, 1.807) is 18.4 Å². The van der Waals surface area contributed by atoms with Crippen molar-refractivity contribution in [3.8, 4) is 0 Å². The fourth-order valence-corrected chi connectivity index (χ4v) is 3.64. The molecule has 0 spiro atoms. The highest BCUT2D eigenvalue weighted by Crippen LogP contribution is 2.30. The Balaban J connectivity index is 1.84. The van der Waals surface area contributed by atoms with E-state index >= 15 is 0 Å². The number of rotatable bonds is 4. The van der Waals surface area contributed by atoms with Crippen molar-refractivity contribution in [1.29, 1.82) is 0 Å². The van der Waals surface area contributed by atoms with Crippen molar-refractivity contribution >= 4 is 17.2 Å². The van der Waals surface area contributed by atoms with E-state index in [2.05, 4.69) is 5.10 Å². The fraction of sp³-hybridized carbons (Fsp3) is 0.467. The van der Waals surface area contributed by atoms with Crippen molar-refractivity contribution in [2.45, 2.75) is 18.9 Å². The molecule has 0 N–H and O–H groups in total. The molecule has 6 heteroatoms. The van der Waals surface area contributed by atoms with Gasteiger partial charge in [-0.05, 0) is 23.4 Å². The van der Waals surface area contributed by atoms with E-state index in [0.29, 0.717) is 13.0 Å². The first-order valence-corrected chi connectivity index (χ1v) is 7.90. The number of aryl methyl sites for hydroxylation is 1. The summed E-state index contributed by atoms with van der Waals surface area (Å²) in [5.74, 6) is 0.159. The standard InChI is InChI=1S/C15H19N3O2S/c1-17-15-11(9-16-17)5-6-18(13(15)10-20-2)14(19)8-12-4-3-7-21-12/h3-4,7,9,13H,5-6,8,10H2,1-2H3. The molecule has 0 saturated heterocycles. The number of carbonyl (C=O) groups excluding carboxylic acids is 1. The first-order valence-electron chi connectivity index (χ1n) is 7.02. The van der Waals surface area contributed by atoms with Crippen LogP contribution in [-0.2, 0) is 29.4 Å². The Bertz CT molecular complexity index is 621. The highest BCUT2D eigenvalue weighted by Gasteiger charge is 2.33. The molecule has 1 amide bonds. The van der Waals surface area contributed by atoms with Crippen molar-refractivity contribution in [2.75, 3.05) is 20.3 Å². The summed E-state index contributed by atoms with van der Waals surface area (Å²) in [5, 5.41) is 6.33. The average Bonchev–Trinajstić information content (AvgIpc) is 3.10. The van der Waals surface area contributed by atoms with Crippen LogP contribution in [0.4, 0.5) is 0 Å². The molecule has 1 aliphatic heterocycles. The van der Waals surface area contributed by atoms with E-state index in [1.807, 2.05) is 40.3 Å². The van der Waals surface area contributed by atoms with E-state index in [4.69, 9.17) is 4.74 Å². The van der Waals surface area contributed by atoms with Gasteiger partial charge in [-0.25, -0.2) is 0 Å². The topological polar surface area (TPSA) is 47.4 Å². The van der Waals surface area contributed by atoms with Crippen molar-refractivity contribution in [2.24, 2.45) is 7.05 Å². The Morgan fingerprint density at radius 3 is 3.14 bits per heavy atom. The summed E-state index contributed by atoms with van der Waals surface area (Å²) in [6.07, 6.45) is 3.23. The molecule has 0 radical (unpaired) electrons. The van der Waals surface area contributed by atoms with Gasteiger partial charge in [-0.3, -0.25) is 9.48 Å². The van der Waals surface area contributed by atoms with Gasteiger partial charge in [-0.2, -0.15) is 5.10 Å². The molecule has 1 aliphatic rings. The number of nitrogens with zero attached hydrogens (tertiary/aromatic N) is 3. The minimum Gasteiger partial charge on any atom is -0.382 e. The summed E-state index contributed by atoms with van der Waals surface area (Å²) in [6, 6.07) is 3.95. The molecule has 112 valence electrons. The van der Waals surface area contributed by atoms with Gasteiger partial charge in [0.05, 0.1) is 31.0 Å². The van der Waals surface area contributed by atoms with E-state index in [-0.39, 0.29) is 11.9 Å². The van der Waals surface area contributed by atoms with Crippen LogP contribution >= 0.6 is 11.3 Å². The Labute approximate surface area is 128 Å². The van der Waals surface area contributed by atoms with Crippen LogP contribution in [-0.4, -0.2) is 40.8 Å². The van der Waals surface area contributed by atoms with Crippen LogP contribution in [0.5, 0.6) is 0 Å². The highest BCUT2D eigenvalue weighted by atomic mass is 32.1. The van der Waals surface area contributed by atoms with Gasteiger partial charge < -0.3 is 9.64 Å². The average molecular weight is 305 g/mol. The highest BCUT2D eigenvalue weighted by molar-refractivity contribution is 7.10. The smallest absolute Gasteiger partial charge is 0.228 e. The molecule has 0 bridgehead atoms. The summed E-state index contributed by atoms with van der Waals surface area (Å²) < 4.78 is 7.21. The number of ether oxygens (including phenoxy) is 1. The lowest BCUT2D eigenvalue weighted by molar-refractivity contribution is -0.134. The number of hydrogen-bond donors (Lipinski definition) is 0. The lowest BCUT2D eigenvalue weighted by atomic mass is 9.99. The van der Waals surface area contributed by atoms with E-state index in [1.165, 1.54) is 5.56 Å². The van der Waals surface area contributed by atoms with Crippen LogP contribution in [0.15, 0.2) is 23.7 Å². The monoisotopic (exact) mass is 305 g/mol. The molecule has 2 aromatic heterocycles. The zero-order chi connectivity index (χ0) is 14.8. The second-order valence-electron chi connectivity index (χ2n) is 5.24. The van der Waals surface area contributed by atoms with Gasteiger partial charge in [-0.15, -0.1) is 11.3 Å². The second kappa shape index (κ2) is 5.99. The molecule has 5 nitrogen and oxygen atoms in total. The molecule has 21 heavy (non-hydrogen) atoms. The Kier molecular flexibility index (Phi) is 4.07. The van der Waals surface area contributed by atoms with Crippen molar-refractivity contribution in [1.82, 2.24) is 14.7 Å². The molecule has 0 aliphatic carbocycles. The molecule has 1 unspecified atom stereocenters. The number of methoxy groups -OCH3 is 1. The summed E-state index contributed by atoms with van der Waals surface area (Å²) in [6.45, 7) is 1.24. The molecule has 0 aromatic carbocycles. The predicted molar refractivity (Wildman–Crippen MR) is 81.3 cm³/mol. The van der Waals surface area contributed by atoms with Crippen LogP contribution in [0.1, 0.15) is 22.2 Å². The second-order valence-corrected chi connectivity index (χ2v) is 6.28. The van der Waals surface area contributed by atoms with Gasteiger partial charge in [0.2, 0.25) is 5.91 Å². The largest absolute Gasteiger partial charge is 0.382 e. The minimum absolute atomic E-state index is 0.0429. The number of amides is 1. The predicted octanol–water partition coefficient (Wildman–Crippen LogP) is 1.80. The van der Waals surface area contributed by atoms with Crippen molar-refractivity contribution in [3.63, 3.8) is 0 Å². The van der Waals surface area contributed by atoms with Crippen molar-refractivity contribution in [3.05, 3.63) is 39.8 Å². The van der Waals surface area contributed by atoms with Crippen LogP contribution in [0, 0.1) is 0 Å². The number of carbonyl (C=O) groups is 1. The van der Waals surface area contributed by atoms with Gasteiger partial charge in [0.25, 0.3) is 0 Å². The molecule has 3 heterocycles. The molecule has 0 fully saturated rings. The maximum Gasteiger partial charge on any atom is 0.228 e. The van der Waals surface area contributed by atoms with Gasteiger partial charge in [0.1, 0.15) is 0 Å². The van der Waals surface area contributed by atoms with Gasteiger partial charge in [0.15, 0.2) is 0 Å². The van der Waals surface area contributed by atoms with E-state index in [9.17, 15) is 4.79 Å². The maximum atomic E-state index is 12.6. The minimum atomic E-state index is -0.0429. The molecule has 2 aromatic rings. The number of aromatic nitrogens is 2. The van der Waals surface area contributed by atoms with Crippen LogP contribution in [0.2, 0.25) is 0 Å². The quantitative estimate of drug-likeness (QED) is 0.865. The number of hydrogen-bond acceptors (Lipinski definition) is 4. The summed E-state index contributed by atoms with van der Waals surface area (Å²) in [4.78, 5) is 15.7. The summed E-state index contributed by atoms with van der Waals surface area (Å²) >= 11 is 1.62. The fourth-order valence-electron chi connectivity index (χ4n) is 2.95. The third kappa shape index (κ3) is 2.73. The Morgan fingerprint density at radius 2 is 2.43 bits per heavy atom. The molecular weight excluding hydrogens is 286 g/mol. The third-order valence-electron chi connectivity index (χ3n) is 3.93. The normalized spacial score (nSPS) is 17.8. The molecule has 3 rings (SSSR count). The van der Waals surface area contributed by atoms with Gasteiger partial charge in [0, 0.05) is 25.6 Å². The van der Waals surface area contributed by atoms with Crippen LogP contribution in [0.3, 0.4) is 0 Å². The maximum absolute atomic E-state index is 12.6. The van der Waals surface area contributed by atoms with Gasteiger partial charge in [-0.1, -0.05) is 6.07 Å².